The molecule has 0 aromatic heterocycles. The van der Waals surface area contributed by atoms with E-state index in [2.05, 4.69) is 33.0 Å². The van der Waals surface area contributed by atoms with Crippen LogP contribution in [0.25, 0.3) is 0 Å². The molecule has 1 fully saturated rings. The number of nitrogens with one attached hydrogen (secondary N) is 1. The van der Waals surface area contributed by atoms with E-state index in [4.69, 9.17) is 9.47 Å². The fourth-order valence-electron chi connectivity index (χ4n) is 2.94. The van der Waals surface area contributed by atoms with Crippen molar-refractivity contribution in [1.82, 2.24) is 5.32 Å². The number of benzene rings is 1. The molecule has 1 atom stereocenters. The van der Waals surface area contributed by atoms with Crippen LogP contribution in [-0.2, 0) is 4.74 Å². The van der Waals surface area contributed by atoms with Crippen molar-refractivity contribution in [3.8, 4) is 5.75 Å². The van der Waals surface area contributed by atoms with Crippen molar-refractivity contribution in [1.29, 1.82) is 0 Å². The third kappa shape index (κ3) is 4.22. The molecule has 112 valence electrons. The van der Waals surface area contributed by atoms with Gasteiger partial charge in [-0.05, 0) is 59.2 Å². The topological polar surface area (TPSA) is 30.5 Å². The summed E-state index contributed by atoms with van der Waals surface area (Å²) < 4.78 is 11.8. The first-order valence-electron chi connectivity index (χ1n) is 7.50. The molecule has 2 rings (SSSR count). The van der Waals surface area contributed by atoms with Crippen LogP contribution in [0.1, 0.15) is 40.5 Å². The van der Waals surface area contributed by atoms with Crippen molar-refractivity contribution in [2.45, 2.75) is 57.8 Å². The molecule has 0 spiro atoms. The van der Waals surface area contributed by atoms with E-state index < -0.39 is 0 Å². The molecule has 0 aliphatic carbocycles. The SMILES string of the molecule is CC1(C)CC(NCCCOc2ccccc2)C(C)(C)O1. The Morgan fingerprint density at radius 3 is 2.50 bits per heavy atom. The van der Waals surface area contributed by atoms with E-state index in [1.165, 1.54) is 0 Å². The van der Waals surface area contributed by atoms with Crippen LogP contribution in [0, 0.1) is 0 Å². The molecular formula is C17H27NO2. The van der Waals surface area contributed by atoms with Crippen molar-refractivity contribution in [3.05, 3.63) is 30.3 Å². The van der Waals surface area contributed by atoms with Crippen LogP contribution >= 0.6 is 0 Å². The van der Waals surface area contributed by atoms with Gasteiger partial charge in [-0.2, -0.15) is 0 Å². The molecular weight excluding hydrogens is 250 g/mol. The molecule has 1 aromatic carbocycles. The van der Waals surface area contributed by atoms with Gasteiger partial charge in [0.2, 0.25) is 0 Å². The van der Waals surface area contributed by atoms with Gasteiger partial charge in [-0.25, -0.2) is 0 Å². The van der Waals surface area contributed by atoms with Crippen LogP contribution in [0.3, 0.4) is 0 Å². The fraction of sp³-hybridized carbons (Fsp3) is 0.647. The normalized spacial score (nSPS) is 23.7. The van der Waals surface area contributed by atoms with Crippen molar-refractivity contribution < 1.29 is 9.47 Å². The summed E-state index contributed by atoms with van der Waals surface area (Å²) in [6.45, 7) is 10.4. The van der Waals surface area contributed by atoms with Crippen LogP contribution in [-0.4, -0.2) is 30.4 Å². The standard InChI is InChI=1S/C17H27NO2/c1-16(2)13-15(17(3,4)20-16)18-11-8-12-19-14-9-6-5-7-10-14/h5-7,9-10,15,18H,8,11-13H2,1-4H3. The quantitative estimate of drug-likeness (QED) is 0.809. The van der Waals surface area contributed by atoms with E-state index in [0.29, 0.717) is 6.04 Å². The van der Waals surface area contributed by atoms with Crippen molar-refractivity contribution >= 4 is 0 Å². The highest BCUT2D eigenvalue weighted by Gasteiger charge is 2.45. The van der Waals surface area contributed by atoms with Gasteiger partial charge in [0.25, 0.3) is 0 Å². The first-order chi connectivity index (χ1) is 9.39. The third-order valence-electron chi connectivity index (χ3n) is 3.80. The number of ether oxygens (including phenoxy) is 2. The first kappa shape index (κ1) is 15.3. The summed E-state index contributed by atoms with van der Waals surface area (Å²) >= 11 is 0. The lowest BCUT2D eigenvalue weighted by molar-refractivity contribution is -0.0698. The maximum Gasteiger partial charge on any atom is 0.119 e. The van der Waals surface area contributed by atoms with E-state index in [1.807, 2.05) is 30.3 Å². The zero-order valence-electron chi connectivity index (χ0n) is 13.1. The maximum atomic E-state index is 6.08. The van der Waals surface area contributed by atoms with Gasteiger partial charge < -0.3 is 14.8 Å². The minimum absolute atomic E-state index is 0.0261. The summed E-state index contributed by atoms with van der Waals surface area (Å²) in [5.74, 6) is 0.943. The monoisotopic (exact) mass is 277 g/mol. The highest BCUT2D eigenvalue weighted by molar-refractivity contribution is 5.20. The average molecular weight is 277 g/mol. The minimum Gasteiger partial charge on any atom is -0.494 e. The molecule has 20 heavy (non-hydrogen) atoms. The van der Waals surface area contributed by atoms with E-state index >= 15 is 0 Å². The Morgan fingerprint density at radius 1 is 1.20 bits per heavy atom. The van der Waals surface area contributed by atoms with Gasteiger partial charge in [0.05, 0.1) is 17.8 Å². The first-order valence-corrected chi connectivity index (χ1v) is 7.50. The number of rotatable bonds is 6. The second kappa shape index (κ2) is 6.15. The molecule has 0 bridgehead atoms. The Kier molecular flexibility index (Phi) is 4.71. The molecule has 3 nitrogen and oxygen atoms in total. The summed E-state index contributed by atoms with van der Waals surface area (Å²) in [5, 5.41) is 3.61. The number of hydrogen-bond donors (Lipinski definition) is 1. The lowest BCUT2D eigenvalue weighted by Gasteiger charge is -2.27. The maximum absolute atomic E-state index is 6.08. The van der Waals surface area contributed by atoms with Crippen molar-refractivity contribution in [2.75, 3.05) is 13.2 Å². The summed E-state index contributed by atoms with van der Waals surface area (Å²) in [7, 11) is 0. The van der Waals surface area contributed by atoms with E-state index in [9.17, 15) is 0 Å². The van der Waals surface area contributed by atoms with Gasteiger partial charge in [-0.3, -0.25) is 0 Å². The summed E-state index contributed by atoms with van der Waals surface area (Å²) in [6, 6.07) is 10.4. The summed E-state index contributed by atoms with van der Waals surface area (Å²) in [6.07, 6.45) is 2.06. The minimum atomic E-state index is -0.0935. The lowest BCUT2D eigenvalue weighted by atomic mass is 9.94. The highest BCUT2D eigenvalue weighted by Crippen LogP contribution is 2.37. The molecule has 0 radical (unpaired) electrons. The van der Waals surface area contributed by atoms with Crippen LogP contribution in [0.2, 0.25) is 0 Å². The van der Waals surface area contributed by atoms with Crippen molar-refractivity contribution in [3.63, 3.8) is 0 Å². The zero-order valence-corrected chi connectivity index (χ0v) is 13.1. The smallest absolute Gasteiger partial charge is 0.119 e. The molecule has 1 aromatic rings. The molecule has 0 amide bonds. The van der Waals surface area contributed by atoms with Gasteiger partial charge >= 0.3 is 0 Å². The van der Waals surface area contributed by atoms with E-state index in [1.54, 1.807) is 0 Å². The molecule has 1 aliphatic heterocycles. The average Bonchev–Trinajstić information content (AvgIpc) is 2.58. The molecule has 0 saturated carbocycles. The Balaban J connectivity index is 1.66. The van der Waals surface area contributed by atoms with Crippen LogP contribution < -0.4 is 10.1 Å². The molecule has 1 aliphatic rings. The van der Waals surface area contributed by atoms with Crippen molar-refractivity contribution in [2.24, 2.45) is 0 Å². The molecule has 1 heterocycles. The summed E-state index contributed by atoms with van der Waals surface area (Å²) in [4.78, 5) is 0. The predicted octanol–water partition coefficient (Wildman–Crippen LogP) is 3.39. The largest absolute Gasteiger partial charge is 0.494 e. The second-order valence-electron chi connectivity index (χ2n) is 6.69. The number of hydrogen-bond acceptors (Lipinski definition) is 3. The Labute approximate surface area is 122 Å². The Hall–Kier alpha value is -1.06. The van der Waals surface area contributed by atoms with Crippen LogP contribution in [0.15, 0.2) is 30.3 Å². The van der Waals surface area contributed by atoms with Gasteiger partial charge in [0.1, 0.15) is 5.75 Å². The Bertz CT molecular complexity index is 414. The lowest BCUT2D eigenvalue weighted by Crippen LogP contribution is -2.43. The highest BCUT2D eigenvalue weighted by atomic mass is 16.5. The predicted molar refractivity (Wildman–Crippen MR) is 82.2 cm³/mol. The van der Waals surface area contributed by atoms with Crippen LogP contribution in [0.5, 0.6) is 5.75 Å². The van der Waals surface area contributed by atoms with Gasteiger partial charge in [-0.1, -0.05) is 18.2 Å². The van der Waals surface area contributed by atoms with Gasteiger partial charge in [-0.15, -0.1) is 0 Å². The molecule has 1 saturated heterocycles. The van der Waals surface area contributed by atoms with Crippen LogP contribution in [0.4, 0.5) is 0 Å². The molecule has 1 unspecified atom stereocenters. The van der Waals surface area contributed by atoms with Gasteiger partial charge in [0, 0.05) is 6.04 Å². The zero-order chi connectivity index (χ0) is 14.6. The van der Waals surface area contributed by atoms with E-state index in [-0.39, 0.29) is 11.2 Å². The fourth-order valence-corrected chi connectivity index (χ4v) is 2.94. The molecule has 3 heteroatoms. The summed E-state index contributed by atoms with van der Waals surface area (Å²) in [5.41, 5.74) is -0.120. The van der Waals surface area contributed by atoms with Gasteiger partial charge in [0.15, 0.2) is 0 Å². The molecule has 1 N–H and O–H groups in total. The Morgan fingerprint density at radius 2 is 1.90 bits per heavy atom. The van der Waals surface area contributed by atoms with E-state index in [0.717, 1.165) is 31.7 Å². The second-order valence-corrected chi connectivity index (χ2v) is 6.69. The number of para-hydroxylation sites is 1. The third-order valence-corrected chi connectivity index (χ3v) is 3.80.